The molecule has 98 valence electrons. The van der Waals surface area contributed by atoms with Gasteiger partial charge in [0.25, 0.3) is 0 Å². The minimum absolute atomic E-state index is 0.205. The number of halogens is 1. The van der Waals surface area contributed by atoms with Crippen LogP contribution in [-0.4, -0.2) is 29.1 Å². The minimum atomic E-state index is -0.990. The lowest BCUT2D eigenvalue weighted by molar-refractivity contribution is 0.0694. The van der Waals surface area contributed by atoms with Crippen molar-refractivity contribution >= 4 is 5.97 Å². The highest BCUT2D eigenvalue weighted by atomic mass is 19.1. The Morgan fingerprint density at radius 2 is 2.33 bits per heavy atom. The molecule has 1 aliphatic heterocycles. The van der Waals surface area contributed by atoms with Gasteiger partial charge < -0.3 is 5.11 Å². The van der Waals surface area contributed by atoms with Gasteiger partial charge in [0.05, 0.1) is 5.56 Å². The predicted molar refractivity (Wildman–Crippen MR) is 67.0 cm³/mol. The van der Waals surface area contributed by atoms with Crippen LogP contribution in [-0.2, 0) is 6.54 Å². The number of carbonyl (C=O) groups is 1. The monoisotopic (exact) mass is 251 g/mol. The second kappa shape index (κ2) is 5.48. The smallest absolute Gasteiger partial charge is 0.336 e. The first kappa shape index (κ1) is 13.0. The maximum absolute atomic E-state index is 13.2. The van der Waals surface area contributed by atoms with E-state index in [1.807, 2.05) is 0 Å². The molecule has 0 radical (unpaired) electrons. The van der Waals surface area contributed by atoms with Crippen molar-refractivity contribution in [1.29, 1.82) is 0 Å². The number of carboxylic acid groups (broad SMARTS) is 1. The first-order valence-corrected chi connectivity index (χ1v) is 6.34. The summed E-state index contributed by atoms with van der Waals surface area (Å²) in [4.78, 5) is 13.3. The topological polar surface area (TPSA) is 40.5 Å². The van der Waals surface area contributed by atoms with Crippen molar-refractivity contribution in [1.82, 2.24) is 4.90 Å². The fraction of sp³-hybridized carbons (Fsp3) is 0.500. The zero-order chi connectivity index (χ0) is 13.1. The number of carboxylic acids is 1. The summed E-state index contributed by atoms with van der Waals surface area (Å²) >= 11 is 0. The fourth-order valence-electron chi connectivity index (χ4n) is 2.53. The molecule has 1 aliphatic rings. The van der Waals surface area contributed by atoms with Crippen LogP contribution in [0.25, 0.3) is 0 Å². The molecule has 4 heteroatoms. The molecule has 1 unspecified atom stereocenters. The van der Waals surface area contributed by atoms with Gasteiger partial charge in [-0.25, -0.2) is 9.18 Å². The van der Waals surface area contributed by atoms with Crippen molar-refractivity contribution in [2.75, 3.05) is 13.1 Å². The second-order valence-electron chi connectivity index (χ2n) is 4.90. The van der Waals surface area contributed by atoms with E-state index < -0.39 is 5.97 Å². The number of aromatic carboxylic acids is 1. The summed E-state index contributed by atoms with van der Waals surface area (Å²) in [6.07, 6.45) is 2.29. The van der Waals surface area contributed by atoms with Crippen molar-refractivity contribution in [2.24, 2.45) is 5.92 Å². The highest BCUT2D eigenvalue weighted by Crippen LogP contribution is 2.22. The maximum atomic E-state index is 13.2. The van der Waals surface area contributed by atoms with Gasteiger partial charge in [-0.3, -0.25) is 4.90 Å². The number of hydrogen-bond acceptors (Lipinski definition) is 2. The quantitative estimate of drug-likeness (QED) is 0.894. The van der Waals surface area contributed by atoms with Crippen molar-refractivity contribution < 1.29 is 14.3 Å². The normalized spacial score (nSPS) is 20.2. The lowest BCUT2D eigenvalue weighted by atomic mass is 10.1. The molecule has 1 aromatic carbocycles. The van der Waals surface area contributed by atoms with Gasteiger partial charge in [-0.2, -0.15) is 0 Å². The van der Waals surface area contributed by atoms with Crippen LogP contribution in [0.5, 0.6) is 0 Å². The van der Waals surface area contributed by atoms with Crippen LogP contribution in [0.3, 0.4) is 0 Å². The third-order valence-electron chi connectivity index (χ3n) is 3.64. The average molecular weight is 251 g/mol. The molecule has 1 fully saturated rings. The Balaban J connectivity index is 2.13. The summed E-state index contributed by atoms with van der Waals surface area (Å²) in [6, 6.07) is 3.88. The SMILES string of the molecule is CCC1CCN(Cc2cc(F)ccc2C(=O)O)C1. The highest BCUT2D eigenvalue weighted by molar-refractivity contribution is 5.89. The fourth-order valence-corrected chi connectivity index (χ4v) is 2.53. The van der Waals surface area contributed by atoms with Crippen LogP contribution in [0.1, 0.15) is 35.7 Å². The van der Waals surface area contributed by atoms with Crippen LogP contribution in [0, 0.1) is 11.7 Å². The van der Waals surface area contributed by atoms with Gasteiger partial charge in [-0.15, -0.1) is 0 Å². The Morgan fingerprint density at radius 3 is 2.94 bits per heavy atom. The van der Waals surface area contributed by atoms with Crippen molar-refractivity contribution in [3.8, 4) is 0 Å². The Bertz CT molecular complexity index is 447. The van der Waals surface area contributed by atoms with Gasteiger partial charge in [0, 0.05) is 13.1 Å². The summed E-state index contributed by atoms with van der Waals surface area (Å²) < 4.78 is 13.2. The number of benzene rings is 1. The molecular weight excluding hydrogens is 233 g/mol. The molecule has 2 rings (SSSR count). The second-order valence-corrected chi connectivity index (χ2v) is 4.90. The molecule has 1 heterocycles. The average Bonchev–Trinajstić information content (AvgIpc) is 2.76. The first-order chi connectivity index (χ1) is 8.60. The third-order valence-corrected chi connectivity index (χ3v) is 3.64. The van der Waals surface area contributed by atoms with Gasteiger partial charge in [-0.05, 0) is 42.6 Å². The first-order valence-electron chi connectivity index (χ1n) is 6.34. The number of hydrogen-bond donors (Lipinski definition) is 1. The summed E-state index contributed by atoms with van der Waals surface area (Å²) in [7, 11) is 0. The van der Waals surface area contributed by atoms with E-state index in [4.69, 9.17) is 5.11 Å². The molecule has 0 aromatic heterocycles. The van der Waals surface area contributed by atoms with Crippen LogP contribution < -0.4 is 0 Å². The molecule has 0 amide bonds. The van der Waals surface area contributed by atoms with Crippen LogP contribution in [0.2, 0.25) is 0 Å². The lowest BCUT2D eigenvalue weighted by Gasteiger charge is -2.17. The van der Waals surface area contributed by atoms with E-state index in [9.17, 15) is 9.18 Å². The predicted octanol–water partition coefficient (Wildman–Crippen LogP) is 2.76. The third kappa shape index (κ3) is 2.88. The van der Waals surface area contributed by atoms with Gasteiger partial charge in [-0.1, -0.05) is 13.3 Å². The highest BCUT2D eigenvalue weighted by Gasteiger charge is 2.22. The molecule has 18 heavy (non-hydrogen) atoms. The van der Waals surface area contributed by atoms with Crippen LogP contribution >= 0.6 is 0 Å². The maximum Gasteiger partial charge on any atom is 0.336 e. The van der Waals surface area contributed by atoms with E-state index in [0.717, 1.165) is 25.9 Å². The Hall–Kier alpha value is -1.42. The largest absolute Gasteiger partial charge is 0.478 e. The molecule has 1 atom stereocenters. The van der Waals surface area contributed by atoms with Crippen molar-refractivity contribution in [3.05, 3.63) is 35.1 Å². The molecule has 1 N–H and O–H groups in total. The van der Waals surface area contributed by atoms with E-state index >= 15 is 0 Å². The Labute approximate surface area is 106 Å². The molecule has 0 saturated carbocycles. The van der Waals surface area contributed by atoms with E-state index in [2.05, 4.69) is 11.8 Å². The van der Waals surface area contributed by atoms with Crippen LogP contribution in [0.15, 0.2) is 18.2 Å². The molecule has 1 saturated heterocycles. The number of nitrogens with zero attached hydrogens (tertiary/aromatic N) is 1. The molecule has 0 bridgehead atoms. The van der Waals surface area contributed by atoms with Crippen LogP contribution in [0.4, 0.5) is 4.39 Å². The number of rotatable bonds is 4. The Kier molecular flexibility index (Phi) is 3.97. The minimum Gasteiger partial charge on any atom is -0.478 e. The van der Waals surface area contributed by atoms with E-state index in [1.165, 1.54) is 18.2 Å². The van der Waals surface area contributed by atoms with Crippen molar-refractivity contribution in [2.45, 2.75) is 26.3 Å². The van der Waals surface area contributed by atoms with Crippen molar-refractivity contribution in [3.63, 3.8) is 0 Å². The van der Waals surface area contributed by atoms with E-state index in [0.29, 0.717) is 18.0 Å². The van der Waals surface area contributed by atoms with Gasteiger partial charge in [0.1, 0.15) is 5.82 Å². The number of likely N-dealkylation sites (tertiary alicyclic amines) is 1. The summed E-state index contributed by atoms with van der Waals surface area (Å²) in [5.74, 6) is -0.677. The molecule has 3 nitrogen and oxygen atoms in total. The molecule has 1 aromatic rings. The standard InChI is InChI=1S/C14H18FNO2/c1-2-10-5-6-16(8-10)9-11-7-12(15)3-4-13(11)14(17)18/h3-4,7,10H,2,5-6,8-9H2,1H3,(H,17,18). The summed E-state index contributed by atoms with van der Waals surface area (Å²) in [5, 5.41) is 9.09. The Morgan fingerprint density at radius 1 is 1.56 bits per heavy atom. The molecule has 0 aliphatic carbocycles. The van der Waals surface area contributed by atoms with E-state index in [1.54, 1.807) is 0 Å². The van der Waals surface area contributed by atoms with Gasteiger partial charge >= 0.3 is 5.97 Å². The zero-order valence-corrected chi connectivity index (χ0v) is 10.5. The summed E-state index contributed by atoms with van der Waals surface area (Å²) in [5.41, 5.74) is 0.774. The zero-order valence-electron chi connectivity index (χ0n) is 10.5. The van der Waals surface area contributed by atoms with Gasteiger partial charge in [0.2, 0.25) is 0 Å². The summed E-state index contributed by atoms with van der Waals surface area (Å²) in [6.45, 7) is 4.63. The molecular formula is C14H18FNO2. The molecule has 0 spiro atoms. The van der Waals surface area contributed by atoms with E-state index in [-0.39, 0.29) is 11.4 Å². The lowest BCUT2D eigenvalue weighted by Crippen LogP contribution is -2.21. The van der Waals surface area contributed by atoms with Gasteiger partial charge in [0.15, 0.2) is 0 Å².